The Morgan fingerprint density at radius 3 is 1.30 bits per heavy atom. The lowest BCUT2D eigenvalue weighted by atomic mass is 10.1. The molecule has 0 aliphatic rings. The SMILES string of the molecule is CCCCCCCC/C=C\CCCCCCCCOCC(COCCCCCCCCCCCCCC)NC(=O)OCCN(C)C. The Balaban J connectivity index is 3.88. The molecule has 0 aromatic carbocycles. The largest absolute Gasteiger partial charge is 0.448 e. The minimum atomic E-state index is -0.387. The maximum absolute atomic E-state index is 12.3. The van der Waals surface area contributed by atoms with Crippen molar-refractivity contribution in [3.8, 4) is 0 Å². The molecule has 0 aliphatic carbocycles. The van der Waals surface area contributed by atoms with Crippen LogP contribution >= 0.6 is 0 Å². The lowest BCUT2D eigenvalue weighted by molar-refractivity contribution is 0.0487. The zero-order chi connectivity index (χ0) is 33.6. The molecule has 1 unspecified atom stereocenters. The van der Waals surface area contributed by atoms with E-state index in [1.807, 2.05) is 19.0 Å². The van der Waals surface area contributed by atoms with E-state index in [-0.39, 0.29) is 12.1 Å². The van der Waals surface area contributed by atoms with Crippen molar-refractivity contribution < 1.29 is 19.0 Å². The molecule has 46 heavy (non-hydrogen) atoms. The summed E-state index contributed by atoms with van der Waals surface area (Å²) in [4.78, 5) is 14.3. The van der Waals surface area contributed by atoms with Gasteiger partial charge in [0, 0.05) is 19.8 Å². The molecule has 6 heteroatoms. The van der Waals surface area contributed by atoms with E-state index < -0.39 is 0 Å². The normalized spacial score (nSPS) is 12.4. The molecule has 0 saturated carbocycles. The van der Waals surface area contributed by atoms with Crippen LogP contribution in [-0.4, -0.2) is 70.7 Å². The van der Waals surface area contributed by atoms with Crippen molar-refractivity contribution in [2.24, 2.45) is 0 Å². The second-order valence-electron chi connectivity index (χ2n) is 13.8. The minimum absolute atomic E-state index is 0.182. The highest BCUT2D eigenvalue weighted by molar-refractivity contribution is 5.67. The average molecular weight is 653 g/mol. The zero-order valence-corrected chi connectivity index (χ0v) is 31.4. The zero-order valence-electron chi connectivity index (χ0n) is 31.4. The summed E-state index contributed by atoms with van der Waals surface area (Å²) in [6.45, 7) is 8.04. The summed E-state index contributed by atoms with van der Waals surface area (Å²) in [6.07, 6.45) is 38.7. The molecule has 0 saturated heterocycles. The molecule has 274 valence electrons. The fourth-order valence-corrected chi connectivity index (χ4v) is 5.61. The summed E-state index contributed by atoms with van der Waals surface area (Å²) in [5.74, 6) is 0. The van der Waals surface area contributed by atoms with Crippen molar-refractivity contribution >= 4 is 6.09 Å². The number of likely N-dealkylation sites (N-methyl/N-ethyl adjacent to an activating group) is 1. The number of nitrogens with zero attached hydrogens (tertiary/aromatic N) is 1. The molecule has 1 N–H and O–H groups in total. The van der Waals surface area contributed by atoms with Gasteiger partial charge in [-0.3, -0.25) is 0 Å². The lowest BCUT2D eigenvalue weighted by Gasteiger charge is -2.19. The first-order chi connectivity index (χ1) is 22.6. The highest BCUT2D eigenvalue weighted by atomic mass is 16.6. The van der Waals surface area contributed by atoms with Crippen LogP contribution in [0.4, 0.5) is 4.79 Å². The number of allylic oxidation sites excluding steroid dienone is 2. The highest BCUT2D eigenvalue weighted by Crippen LogP contribution is 2.13. The van der Waals surface area contributed by atoms with E-state index in [1.54, 1.807) is 0 Å². The fraction of sp³-hybridized carbons (Fsp3) is 0.925. The van der Waals surface area contributed by atoms with Crippen molar-refractivity contribution in [3.63, 3.8) is 0 Å². The van der Waals surface area contributed by atoms with Gasteiger partial charge in [0.05, 0.1) is 19.3 Å². The fourth-order valence-electron chi connectivity index (χ4n) is 5.61. The van der Waals surface area contributed by atoms with Crippen LogP contribution in [-0.2, 0) is 14.2 Å². The smallest absolute Gasteiger partial charge is 0.407 e. The number of unbranched alkanes of at least 4 members (excludes halogenated alkanes) is 23. The Hall–Kier alpha value is -1.11. The standard InChI is InChI=1S/C40H80N2O4/c1-5-7-9-11-13-15-17-19-20-21-22-24-26-28-30-32-35-45-38-39(41-40(43)46-36-33-42(3)4)37-44-34-31-29-27-25-23-18-16-14-12-10-8-6-2/h19-20,39H,5-18,21-38H2,1-4H3,(H,41,43)/b20-19-. The van der Waals surface area contributed by atoms with Gasteiger partial charge in [0.2, 0.25) is 0 Å². The third-order valence-corrected chi connectivity index (χ3v) is 8.67. The van der Waals surface area contributed by atoms with Crippen molar-refractivity contribution in [3.05, 3.63) is 12.2 Å². The molecule has 6 nitrogen and oxygen atoms in total. The maximum Gasteiger partial charge on any atom is 0.407 e. The van der Waals surface area contributed by atoms with Crippen LogP contribution in [0.15, 0.2) is 12.2 Å². The van der Waals surface area contributed by atoms with E-state index >= 15 is 0 Å². The monoisotopic (exact) mass is 653 g/mol. The average Bonchev–Trinajstić information content (AvgIpc) is 3.04. The molecule has 1 atom stereocenters. The van der Waals surface area contributed by atoms with Gasteiger partial charge in [-0.05, 0) is 52.6 Å². The first-order valence-corrected chi connectivity index (χ1v) is 20.0. The van der Waals surface area contributed by atoms with Gasteiger partial charge in [-0.15, -0.1) is 0 Å². The second-order valence-corrected chi connectivity index (χ2v) is 13.8. The number of carbonyl (C=O) groups is 1. The van der Waals surface area contributed by atoms with E-state index in [2.05, 4.69) is 31.3 Å². The summed E-state index contributed by atoms with van der Waals surface area (Å²) >= 11 is 0. The van der Waals surface area contributed by atoms with E-state index in [0.717, 1.165) is 26.1 Å². The molecule has 0 bridgehead atoms. The first-order valence-electron chi connectivity index (χ1n) is 20.0. The van der Waals surface area contributed by atoms with Gasteiger partial charge in [0.15, 0.2) is 0 Å². The third kappa shape index (κ3) is 37.3. The molecule has 0 radical (unpaired) electrons. The Morgan fingerprint density at radius 1 is 0.543 bits per heavy atom. The molecule has 0 aliphatic heterocycles. The van der Waals surface area contributed by atoms with Gasteiger partial charge in [-0.2, -0.15) is 0 Å². The molecule has 0 spiro atoms. The molecular formula is C40H80N2O4. The van der Waals surface area contributed by atoms with Crippen LogP contribution in [0.1, 0.15) is 181 Å². The summed E-state index contributed by atoms with van der Waals surface area (Å²) in [5, 5.41) is 2.96. The molecular weight excluding hydrogens is 572 g/mol. The maximum atomic E-state index is 12.3. The predicted octanol–water partition coefficient (Wildman–Crippen LogP) is 11.4. The van der Waals surface area contributed by atoms with E-state index in [1.165, 1.54) is 154 Å². The van der Waals surface area contributed by atoms with Crippen LogP contribution in [0.3, 0.4) is 0 Å². The molecule has 0 aromatic rings. The van der Waals surface area contributed by atoms with Gasteiger partial charge >= 0.3 is 6.09 Å². The summed E-state index contributed by atoms with van der Waals surface area (Å²) in [7, 11) is 3.94. The van der Waals surface area contributed by atoms with Gasteiger partial charge in [0.1, 0.15) is 6.61 Å². The Morgan fingerprint density at radius 2 is 0.913 bits per heavy atom. The summed E-state index contributed by atoms with van der Waals surface area (Å²) in [6, 6.07) is -0.182. The van der Waals surface area contributed by atoms with Crippen molar-refractivity contribution in [2.75, 3.05) is 53.7 Å². The lowest BCUT2D eigenvalue weighted by Crippen LogP contribution is -2.42. The quantitative estimate of drug-likeness (QED) is 0.0534. The summed E-state index contributed by atoms with van der Waals surface area (Å²) < 4.78 is 17.3. The Bertz CT molecular complexity index is 628. The van der Waals surface area contributed by atoms with Crippen LogP contribution in [0, 0.1) is 0 Å². The molecule has 0 aromatic heterocycles. The molecule has 0 rings (SSSR count). The second kappa shape index (κ2) is 38.3. The topological polar surface area (TPSA) is 60.0 Å². The Labute approximate surface area is 287 Å². The van der Waals surface area contributed by atoms with Gasteiger partial charge < -0.3 is 24.4 Å². The van der Waals surface area contributed by atoms with Crippen LogP contribution in [0.5, 0.6) is 0 Å². The number of amides is 1. The third-order valence-electron chi connectivity index (χ3n) is 8.67. The van der Waals surface area contributed by atoms with Crippen molar-refractivity contribution in [1.29, 1.82) is 0 Å². The van der Waals surface area contributed by atoms with Crippen molar-refractivity contribution in [2.45, 2.75) is 187 Å². The van der Waals surface area contributed by atoms with Crippen LogP contribution in [0.25, 0.3) is 0 Å². The number of hydrogen-bond donors (Lipinski definition) is 1. The number of ether oxygens (including phenoxy) is 3. The van der Waals surface area contributed by atoms with E-state index in [0.29, 0.717) is 26.4 Å². The number of carbonyl (C=O) groups excluding carboxylic acids is 1. The Kier molecular flexibility index (Phi) is 37.4. The van der Waals surface area contributed by atoms with Gasteiger partial charge in [-0.25, -0.2) is 4.79 Å². The number of hydrogen-bond acceptors (Lipinski definition) is 5. The highest BCUT2D eigenvalue weighted by Gasteiger charge is 2.14. The van der Waals surface area contributed by atoms with Crippen molar-refractivity contribution in [1.82, 2.24) is 10.2 Å². The number of nitrogens with one attached hydrogen (secondary N) is 1. The first kappa shape index (κ1) is 44.9. The van der Waals surface area contributed by atoms with E-state index in [4.69, 9.17) is 14.2 Å². The number of alkyl carbamates (subject to hydrolysis) is 1. The predicted molar refractivity (Wildman–Crippen MR) is 199 cm³/mol. The summed E-state index contributed by atoms with van der Waals surface area (Å²) in [5.41, 5.74) is 0. The van der Waals surface area contributed by atoms with Gasteiger partial charge in [0.25, 0.3) is 0 Å². The van der Waals surface area contributed by atoms with Gasteiger partial charge in [-0.1, -0.05) is 154 Å². The van der Waals surface area contributed by atoms with Crippen LogP contribution in [0.2, 0.25) is 0 Å². The van der Waals surface area contributed by atoms with E-state index in [9.17, 15) is 4.79 Å². The van der Waals surface area contributed by atoms with Crippen LogP contribution < -0.4 is 5.32 Å². The molecule has 0 fully saturated rings. The molecule has 1 amide bonds. The minimum Gasteiger partial charge on any atom is -0.448 e. The number of rotatable bonds is 37. The molecule has 0 heterocycles.